The fourth-order valence-corrected chi connectivity index (χ4v) is 2.89. The number of ether oxygens (including phenoxy) is 2. The van der Waals surface area contributed by atoms with Crippen molar-refractivity contribution in [2.24, 2.45) is 0 Å². The number of benzene rings is 2. The Morgan fingerprint density at radius 1 is 0.818 bits per heavy atom. The average molecular weight is 296 g/mol. The van der Waals surface area contributed by atoms with Crippen LogP contribution in [0.1, 0.15) is 36.8 Å². The third-order valence-electron chi connectivity index (χ3n) is 4.22. The van der Waals surface area contributed by atoms with Crippen molar-refractivity contribution in [2.75, 3.05) is 6.61 Å². The summed E-state index contributed by atoms with van der Waals surface area (Å²) in [6.45, 7) is 1.44. The summed E-state index contributed by atoms with van der Waals surface area (Å²) < 4.78 is 11.7. The maximum atomic E-state index is 5.91. The molecule has 1 saturated carbocycles. The van der Waals surface area contributed by atoms with Gasteiger partial charge in [0.05, 0.1) is 12.7 Å². The van der Waals surface area contributed by atoms with Gasteiger partial charge in [0.25, 0.3) is 0 Å². The third kappa shape index (κ3) is 4.60. The van der Waals surface area contributed by atoms with E-state index in [1.165, 1.54) is 36.8 Å². The van der Waals surface area contributed by atoms with Crippen molar-refractivity contribution < 1.29 is 9.47 Å². The van der Waals surface area contributed by atoms with Crippen molar-refractivity contribution in [1.82, 2.24) is 0 Å². The summed E-state index contributed by atoms with van der Waals surface area (Å²) in [5, 5.41) is 0. The fraction of sp³-hybridized carbons (Fsp3) is 0.400. The number of hydrogen-bond acceptors (Lipinski definition) is 2. The Hall–Kier alpha value is -1.80. The van der Waals surface area contributed by atoms with E-state index in [2.05, 4.69) is 24.3 Å². The first-order chi connectivity index (χ1) is 10.9. The van der Waals surface area contributed by atoms with E-state index in [4.69, 9.17) is 9.47 Å². The Labute approximate surface area is 133 Å². The highest BCUT2D eigenvalue weighted by atomic mass is 16.5. The van der Waals surface area contributed by atoms with E-state index < -0.39 is 0 Å². The molecule has 0 aromatic heterocycles. The van der Waals surface area contributed by atoms with Crippen LogP contribution in [0.25, 0.3) is 0 Å². The molecule has 2 heteroatoms. The molecular weight excluding hydrogens is 272 g/mol. The second-order valence-electron chi connectivity index (χ2n) is 5.95. The zero-order chi connectivity index (χ0) is 15.0. The first kappa shape index (κ1) is 15.1. The standard InChI is InChI=1S/C20H24O2/c1-2-6-18(7-3-1)16-22-20-12-10-17(11-13-20)14-15-21-19-8-4-5-9-19/h1-3,6-7,10-13,19H,4-5,8-9,14-16H2. The zero-order valence-corrected chi connectivity index (χ0v) is 13.0. The minimum absolute atomic E-state index is 0.508. The van der Waals surface area contributed by atoms with Gasteiger partial charge in [0.15, 0.2) is 0 Å². The molecule has 1 aliphatic carbocycles. The number of hydrogen-bond donors (Lipinski definition) is 0. The summed E-state index contributed by atoms with van der Waals surface area (Å²) in [7, 11) is 0. The summed E-state index contributed by atoms with van der Waals surface area (Å²) in [4.78, 5) is 0. The second kappa shape index (κ2) is 8.00. The van der Waals surface area contributed by atoms with E-state index in [1.54, 1.807) is 0 Å². The first-order valence-electron chi connectivity index (χ1n) is 8.27. The normalized spacial score (nSPS) is 15.1. The van der Waals surface area contributed by atoms with Crippen molar-refractivity contribution in [1.29, 1.82) is 0 Å². The molecule has 0 N–H and O–H groups in total. The van der Waals surface area contributed by atoms with E-state index in [1.807, 2.05) is 30.3 Å². The smallest absolute Gasteiger partial charge is 0.119 e. The molecule has 2 aromatic rings. The van der Waals surface area contributed by atoms with Crippen LogP contribution in [0.4, 0.5) is 0 Å². The Bertz CT molecular complexity index is 542. The van der Waals surface area contributed by atoms with Crippen LogP contribution in [0.5, 0.6) is 5.75 Å². The molecule has 116 valence electrons. The summed E-state index contributed by atoms with van der Waals surface area (Å²) >= 11 is 0. The van der Waals surface area contributed by atoms with Crippen molar-refractivity contribution in [3.8, 4) is 5.75 Å². The Kier molecular flexibility index (Phi) is 5.49. The van der Waals surface area contributed by atoms with Gasteiger partial charge in [-0.05, 0) is 42.5 Å². The van der Waals surface area contributed by atoms with E-state index in [0.717, 1.165) is 18.8 Å². The molecule has 0 radical (unpaired) electrons. The van der Waals surface area contributed by atoms with Gasteiger partial charge >= 0.3 is 0 Å². The van der Waals surface area contributed by atoms with E-state index in [9.17, 15) is 0 Å². The molecule has 22 heavy (non-hydrogen) atoms. The fourth-order valence-electron chi connectivity index (χ4n) is 2.89. The van der Waals surface area contributed by atoms with Gasteiger partial charge in [-0.25, -0.2) is 0 Å². The lowest BCUT2D eigenvalue weighted by molar-refractivity contribution is 0.0606. The van der Waals surface area contributed by atoms with Gasteiger partial charge in [-0.1, -0.05) is 55.3 Å². The Morgan fingerprint density at radius 2 is 1.55 bits per heavy atom. The third-order valence-corrected chi connectivity index (χ3v) is 4.22. The molecule has 1 fully saturated rings. The van der Waals surface area contributed by atoms with Crippen molar-refractivity contribution in [2.45, 2.75) is 44.8 Å². The summed E-state index contributed by atoms with van der Waals surface area (Å²) in [5.41, 5.74) is 2.50. The van der Waals surface area contributed by atoms with Gasteiger partial charge in [0.1, 0.15) is 12.4 Å². The molecule has 0 heterocycles. The summed E-state index contributed by atoms with van der Waals surface area (Å²) in [6.07, 6.45) is 6.64. The second-order valence-corrected chi connectivity index (χ2v) is 5.95. The molecule has 0 saturated heterocycles. The van der Waals surface area contributed by atoms with Crippen LogP contribution >= 0.6 is 0 Å². The molecule has 1 aliphatic rings. The quantitative estimate of drug-likeness (QED) is 0.733. The summed E-state index contributed by atoms with van der Waals surface area (Å²) in [5.74, 6) is 0.921. The van der Waals surface area contributed by atoms with Gasteiger partial charge < -0.3 is 9.47 Å². The first-order valence-corrected chi connectivity index (χ1v) is 8.27. The predicted molar refractivity (Wildman–Crippen MR) is 89.1 cm³/mol. The molecule has 0 amide bonds. The largest absolute Gasteiger partial charge is 0.489 e. The van der Waals surface area contributed by atoms with Crippen LogP contribution < -0.4 is 4.74 Å². The van der Waals surface area contributed by atoms with Crippen LogP contribution in [-0.2, 0) is 17.8 Å². The average Bonchev–Trinajstić information content (AvgIpc) is 3.08. The highest BCUT2D eigenvalue weighted by Gasteiger charge is 2.14. The maximum Gasteiger partial charge on any atom is 0.119 e. The SMILES string of the molecule is c1ccc(COc2ccc(CCOC3CCCC3)cc2)cc1. The van der Waals surface area contributed by atoms with Crippen LogP contribution in [0.15, 0.2) is 54.6 Å². The van der Waals surface area contributed by atoms with E-state index in [0.29, 0.717) is 12.7 Å². The molecule has 3 rings (SSSR count). The van der Waals surface area contributed by atoms with E-state index in [-0.39, 0.29) is 0 Å². The minimum Gasteiger partial charge on any atom is -0.489 e. The zero-order valence-electron chi connectivity index (χ0n) is 13.0. The van der Waals surface area contributed by atoms with Crippen molar-refractivity contribution in [3.05, 3.63) is 65.7 Å². The van der Waals surface area contributed by atoms with Gasteiger partial charge in [-0.2, -0.15) is 0 Å². The van der Waals surface area contributed by atoms with Gasteiger partial charge in [-0.15, -0.1) is 0 Å². The van der Waals surface area contributed by atoms with E-state index >= 15 is 0 Å². The van der Waals surface area contributed by atoms with Crippen LogP contribution in [0, 0.1) is 0 Å². The molecule has 2 nitrogen and oxygen atoms in total. The van der Waals surface area contributed by atoms with Crippen LogP contribution in [-0.4, -0.2) is 12.7 Å². The Balaban J connectivity index is 1.41. The number of rotatable bonds is 7. The predicted octanol–water partition coefficient (Wildman–Crippen LogP) is 4.77. The molecule has 2 aromatic carbocycles. The van der Waals surface area contributed by atoms with Crippen molar-refractivity contribution >= 4 is 0 Å². The van der Waals surface area contributed by atoms with Gasteiger partial charge in [0.2, 0.25) is 0 Å². The van der Waals surface area contributed by atoms with Gasteiger partial charge in [-0.3, -0.25) is 0 Å². The van der Waals surface area contributed by atoms with Crippen molar-refractivity contribution in [3.63, 3.8) is 0 Å². The molecule has 0 unspecified atom stereocenters. The Morgan fingerprint density at radius 3 is 2.27 bits per heavy atom. The topological polar surface area (TPSA) is 18.5 Å². The summed E-state index contributed by atoms with van der Waals surface area (Å²) in [6, 6.07) is 18.6. The minimum atomic E-state index is 0.508. The lowest BCUT2D eigenvalue weighted by Crippen LogP contribution is -2.10. The molecule has 0 spiro atoms. The lowest BCUT2D eigenvalue weighted by Gasteiger charge is -2.11. The van der Waals surface area contributed by atoms with Gasteiger partial charge in [0, 0.05) is 0 Å². The molecular formula is C20H24O2. The lowest BCUT2D eigenvalue weighted by atomic mass is 10.1. The molecule has 0 bridgehead atoms. The monoisotopic (exact) mass is 296 g/mol. The maximum absolute atomic E-state index is 5.91. The highest BCUT2D eigenvalue weighted by Crippen LogP contribution is 2.21. The molecule has 0 aliphatic heterocycles. The van der Waals surface area contributed by atoms with Crippen LogP contribution in [0.2, 0.25) is 0 Å². The molecule has 0 atom stereocenters. The highest BCUT2D eigenvalue weighted by molar-refractivity contribution is 5.28. The van der Waals surface area contributed by atoms with Crippen LogP contribution in [0.3, 0.4) is 0 Å².